The molecule has 0 radical (unpaired) electrons. The van der Waals surface area contributed by atoms with E-state index in [2.05, 4.69) is 6.58 Å². The number of phenols is 1. The normalized spacial score (nSPS) is 12.4. The number of allylic oxidation sites excluding steroid dienone is 1. The van der Waals surface area contributed by atoms with E-state index in [0.717, 1.165) is 12.8 Å². The monoisotopic (exact) mass is 192 g/mol. The number of aliphatic hydroxyl groups excluding tert-OH is 1. The molecule has 1 aromatic carbocycles. The van der Waals surface area contributed by atoms with Crippen LogP contribution in [0.4, 0.5) is 0 Å². The van der Waals surface area contributed by atoms with Crippen LogP contribution in [0.2, 0.25) is 0 Å². The third-order valence-electron chi connectivity index (χ3n) is 2.18. The highest BCUT2D eigenvalue weighted by Crippen LogP contribution is 2.26. The summed E-state index contributed by atoms with van der Waals surface area (Å²) >= 11 is 0. The minimum atomic E-state index is -0.573. The van der Waals surface area contributed by atoms with Crippen LogP contribution in [0.5, 0.6) is 5.75 Å². The number of aromatic hydroxyl groups is 1. The van der Waals surface area contributed by atoms with E-state index < -0.39 is 6.10 Å². The van der Waals surface area contributed by atoms with Crippen LogP contribution in [-0.2, 0) is 0 Å². The first-order chi connectivity index (χ1) is 6.75. The average molecular weight is 192 g/mol. The second-order valence-corrected chi connectivity index (χ2v) is 3.29. The maximum absolute atomic E-state index is 9.73. The molecule has 0 spiro atoms. The highest BCUT2D eigenvalue weighted by atomic mass is 16.3. The Labute approximate surface area is 84.5 Å². The Balaban J connectivity index is 2.55. The first-order valence-corrected chi connectivity index (χ1v) is 4.82. The predicted octanol–water partition coefficient (Wildman–Crippen LogP) is 2.78. The molecule has 0 aromatic heterocycles. The number of para-hydroxylation sites is 1. The lowest BCUT2D eigenvalue weighted by Crippen LogP contribution is -1.97. The summed E-state index contributed by atoms with van der Waals surface area (Å²) in [5.41, 5.74) is 0.608. The van der Waals surface area contributed by atoms with Gasteiger partial charge in [0.05, 0.1) is 6.10 Å². The maximum Gasteiger partial charge on any atom is 0.121 e. The molecule has 0 aliphatic carbocycles. The van der Waals surface area contributed by atoms with Gasteiger partial charge in [-0.25, -0.2) is 0 Å². The van der Waals surface area contributed by atoms with Crippen LogP contribution in [0.25, 0.3) is 0 Å². The van der Waals surface area contributed by atoms with Crippen molar-refractivity contribution in [2.45, 2.75) is 25.4 Å². The fourth-order valence-corrected chi connectivity index (χ4v) is 1.38. The second kappa shape index (κ2) is 5.45. The highest BCUT2D eigenvalue weighted by molar-refractivity contribution is 5.33. The van der Waals surface area contributed by atoms with E-state index in [-0.39, 0.29) is 5.75 Å². The molecule has 0 aliphatic heterocycles. The fourth-order valence-electron chi connectivity index (χ4n) is 1.38. The summed E-state index contributed by atoms with van der Waals surface area (Å²) in [6.45, 7) is 3.62. The van der Waals surface area contributed by atoms with Gasteiger partial charge in [0.15, 0.2) is 0 Å². The van der Waals surface area contributed by atoms with E-state index in [0.29, 0.717) is 12.0 Å². The lowest BCUT2D eigenvalue weighted by molar-refractivity contribution is 0.161. The standard InChI is InChI=1S/C12H16O2/c1-2-3-4-8-11(13)10-7-5-6-9-12(10)14/h2,5-7,9,11,13-14H,1,3-4,8H2. The molecule has 0 saturated carbocycles. The van der Waals surface area contributed by atoms with Gasteiger partial charge in [-0.2, -0.15) is 0 Å². The number of unbranched alkanes of at least 4 members (excludes halogenated alkanes) is 1. The SMILES string of the molecule is C=CCCCC(O)c1ccccc1O. The van der Waals surface area contributed by atoms with Crippen molar-refractivity contribution in [3.8, 4) is 5.75 Å². The molecule has 0 aliphatic rings. The van der Waals surface area contributed by atoms with Gasteiger partial charge in [-0.05, 0) is 25.3 Å². The van der Waals surface area contributed by atoms with Gasteiger partial charge in [0.25, 0.3) is 0 Å². The van der Waals surface area contributed by atoms with Gasteiger partial charge in [0.2, 0.25) is 0 Å². The third kappa shape index (κ3) is 2.89. The number of benzene rings is 1. The van der Waals surface area contributed by atoms with E-state index in [4.69, 9.17) is 0 Å². The Morgan fingerprint density at radius 2 is 2.07 bits per heavy atom. The molecule has 2 heteroatoms. The molecule has 2 N–H and O–H groups in total. The summed E-state index contributed by atoms with van der Waals surface area (Å²) in [4.78, 5) is 0. The number of hydrogen-bond donors (Lipinski definition) is 2. The summed E-state index contributed by atoms with van der Waals surface area (Å²) in [5.74, 6) is 0.165. The second-order valence-electron chi connectivity index (χ2n) is 3.29. The molecular formula is C12H16O2. The summed E-state index contributed by atoms with van der Waals surface area (Å²) in [6.07, 6.45) is 3.70. The van der Waals surface area contributed by atoms with Gasteiger partial charge in [0.1, 0.15) is 5.75 Å². The molecule has 14 heavy (non-hydrogen) atoms. The van der Waals surface area contributed by atoms with Crippen LogP contribution in [0.1, 0.15) is 30.9 Å². The van der Waals surface area contributed by atoms with Gasteiger partial charge in [0, 0.05) is 5.56 Å². The van der Waals surface area contributed by atoms with Crippen molar-refractivity contribution in [1.29, 1.82) is 0 Å². The molecule has 2 nitrogen and oxygen atoms in total. The Kier molecular flexibility index (Phi) is 4.20. The van der Waals surface area contributed by atoms with Crippen molar-refractivity contribution in [3.63, 3.8) is 0 Å². The smallest absolute Gasteiger partial charge is 0.121 e. The van der Waals surface area contributed by atoms with Crippen molar-refractivity contribution in [3.05, 3.63) is 42.5 Å². The molecule has 1 atom stereocenters. The number of phenolic OH excluding ortho intramolecular Hbond substituents is 1. The van der Waals surface area contributed by atoms with E-state index in [1.807, 2.05) is 12.1 Å². The lowest BCUT2D eigenvalue weighted by atomic mass is 10.0. The van der Waals surface area contributed by atoms with Crippen molar-refractivity contribution in [1.82, 2.24) is 0 Å². The fraction of sp³-hybridized carbons (Fsp3) is 0.333. The Morgan fingerprint density at radius 1 is 1.36 bits per heavy atom. The van der Waals surface area contributed by atoms with Gasteiger partial charge < -0.3 is 10.2 Å². The molecule has 1 aromatic rings. The van der Waals surface area contributed by atoms with Crippen molar-refractivity contribution in [2.75, 3.05) is 0 Å². The molecule has 1 unspecified atom stereocenters. The van der Waals surface area contributed by atoms with Gasteiger partial charge in [-0.1, -0.05) is 24.3 Å². The third-order valence-corrected chi connectivity index (χ3v) is 2.18. The topological polar surface area (TPSA) is 40.5 Å². The molecule has 0 amide bonds. The molecule has 76 valence electrons. The van der Waals surface area contributed by atoms with Gasteiger partial charge in [-0.3, -0.25) is 0 Å². The molecule has 0 fully saturated rings. The molecule has 1 rings (SSSR count). The molecule has 0 bridgehead atoms. The number of aliphatic hydroxyl groups is 1. The van der Waals surface area contributed by atoms with Crippen LogP contribution in [0.3, 0.4) is 0 Å². The number of hydrogen-bond acceptors (Lipinski definition) is 2. The van der Waals surface area contributed by atoms with Crippen LogP contribution >= 0.6 is 0 Å². The first kappa shape index (κ1) is 10.8. The summed E-state index contributed by atoms with van der Waals surface area (Å²) < 4.78 is 0. The Morgan fingerprint density at radius 3 is 2.71 bits per heavy atom. The zero-order chi connectivity index (χ0) is 10.4. The minimum Gasteiger partial charge on any atom is -0.508 e. The maximum atomic E-state index is 9.73. The van der Waals surface area contributed by atoms with Gasteiger partial charge in [-0.15, -0.1) is 6.58 Å². The van der Waals surface area contributed by atoms with Crippen LogP contribution in [0.15, 0.2) is 36.9 Å². The van der Waals surface area contributed by atoms with E-state index in [1.165, 1.54) is 0 Å². The van der Waals surface area contributed by atoms with E-state index in [9.17, 15) is 10.2 Å². The summed E-state index contributed by atoms with van der Waals surface area (Å²) in [6, 6.07) is 6.89. The highest BCUT2D eigenvalue weighted by Gasteiger charge is 2.10. The Bertz CT molecular complexity index is 294. The van der Waals surface area contributed by atoms with Crippen molar-refractivity contribution < 1.29 is 10.2 Å². The minimum absolute atomic E-state index is 0.165. The predicted molar refractivity (Wildman–Crippen MR) is 57.1 cm³/mol. The lowest BCUT2D eigenvalue weighted by Gasteiger charge is -2.11. The largest absolute Gasteiger partial charge is 0.508 e. The van der Waals surface area contributed by atoms with E-state index >= 15 is 0 Å². The zero-order valence-electron chi connectivity index (χ0n) is 8.19. The molecular weight excluding hydrogens is 176 g/mol. The van der Waals surface area contributed by atoms with Gasteiger partial charge >= 0.3 is 0 Å². The summed E-state index contributed by atoms with van der Waals surface area (Å²) in [7, 11) is 0. The summed E-state index contributed by atoms with van der Waals surface area (Å²) in [5, 5.41) is 19.2. The van der Waals surface area contributed by atoms with E-state index in [1.54, 1.807) is 18.2 Å². The molecule has 0 heterocycles. The zero-order valence-corrected chi connectivity index (χ0v) is 8.19. The van der Waals surface area contributed by atoms with Crippen LogP contribution in [-0.4, -0.2) is 10.2 Å². The van der Waals surface area contributed by atoms with Crippen LogP contribution in [0, 0.1) is 0 Å². The van der Waals surface area contributed by atoms with Crippen molar-refractivity contribution >= 4 is 0 Å². The van der Waals surface area contributed by atoms with Crippen molar-refractivity contribution in [2.24, 2.45) is 0 Å². The average Bonchev–Trinajstić information content (AvgIpc) is 2.18. The first-order valence-electron chi connectivity index (χ1n) is 4.82. The Hall–Kier alpha value is -1.28. The van der Waals surface area contributed by atoms with Crippen LogP contribution < -0.4 is 0 Å². The molecule has 0 saturated heterocycles. The number of rotatable bonds is 5. The quantitative estimate of drug-likeness (QED) is 0.556.